The van der Waals surface area contributed by atoms with Gasteiger partial charge >= 0.3 is 6.18 Å². The number of hydrogen-bond donors (Lipinski definition) is 1. The summed E-state index contributed by atoms with van der Waals surface area (Å²) in [5.41, 5.74) is 1.51. The van der Waals surface area contributed by atoms with Crippen molar-refractivity contribution in [3.8, 4) is 0 Å². The second-order valence-electron chi connectivity index (χ2n) is 6.99. The van der Waals surface area contributed by atoms with Crippen molar-refractivity contribution in [2.75, 3.05) is 0 Å². The smallest absolute Gasteiger partial charge is 0.348 e. The van der Waals surface area contributed by atoms with E-state index in [-0.39, 0.29) is 28.1 Å². The number of benzene rings is 2. The van der Waals surface area contributed by atoms with E-state index >= 15 is 0 Å². The van der Waals surface area contributed by atoms with Crippen LogP contribution in [0.15, 0.2) is 65.3 Å². The quantitative estimate of drug-likeness (QED) is 0.301. The fourth-order valence-corrected chi connectivity index (χ4v) is 4.21. The van der Waals surface area contributed by atoms with Crippen molar-refractivity contribution >= 4 is 62.7 Å². The largest absolute Gasteiger partial charge is 0.399 e. The fraction of sp³-hybridized carbons (Fsp3) is 0.130. The van der Waals surface area contributed by atoms with Crippen LogP contribution in [0.1, 0.15) is 33.0 Å². The Hall–Kier alpha value is -2.06. The Bertz CT molecular complexity index is 1160. The molecule has 0 saturated heterocycles. The molecule has 0 aliphatic rings. The van der Waals surface area contributed by atoms with E-state index in [0.717, 1.165) is 11.6 Å². The first-order valence-corrected chi connectivity index (χ1v) is 11.3. The van der Waals surface area contributed by atoms with Crippen molar-refractivity contribution in [2.45, 2.75) is 18.6 Å². The second kappa shape index (κ2) is 10.9. The van der Waals surface area contributed by atoms with Crippen molar-refractivity contribution in [3.63, 3.8) is 0 Å². The lowest BCUT2D eigenvalue weighted by atomic mass is 9.97. The average Bonchev–Trinajstić information content (AvgIpc) is 2.71. The lowest BCUT2D eigenvalue weighted by Crippen LogP contribution is -2.23. The molecule has 0 bridgehead atoms. The first kappa shape index (κ1) is 25.6. The maximum atomic E-state index is 13.7. The molecule has 0 saturated carbocycles. The van der Waals surface area contributed by atoms with Crippen LogP contribution in [0, 0.1) is 0 Å². The summed E-state index contributed by atoms with van der Waals surface area (Å²) in [5, 5.41) is 3.34. The summed E-state index contributed by atoms with van der Waals surface area (Å²) in [6, 6.07) is 11.8. The van der Waals surface area contributed by atoms with Gasteiger partial charge in [0.25, 0.3) is 5.91 Å². The number of amides is 1. The van der Waals surface area contributed by atoms with Gasteiger partial charge in [-0.25, -0.2) is 4.98 Å². The highest BCUT2D eigenvalue weighted by Crippen LogP contribution is 2.38. The number of nitrogens with one attached hydrogen (secondary N) is 1. The number of pyridine rings is 1. The van der Waals surface area contributed by atoms with Crippen LogP contribution in [0.3, 0.4) is 0 Å². The van der Waals surface area contributed by atoms with Crippen LogP contribution < -0.4 is 5.32 Å². The molecule has 1 unspecified atom stereocenters. The summed E-state index contributed by atoms with van der Waals surface area (Å²) in [7, 11) is 0. The number of aromatic nitrogens is 1. The van der Waals surface area contributed by atoms with Gasteiger partial charge in [0.1, 0.15) is 5.15 Å². The van der Waals surface area contributed by atoms with Crippen molar-refractivity contribution < 1.29 is 18.0 Å². The zero-order valence-corrected chi connectivity index (χ0v) is 20.5. The summed E-state index contributed by atoms with van der Waals surface area (Å²) >= 11 is 20.8. The molecule has 0 spiro atoms. The highest BCUT2D eigenvalue weighted by molar-refractivity contribution is 9.10. The number of nitrogens with zero attached hydrogens (tertiary/aromatic N) is 1. The van der Waals surface area contributed by atoms with Crippen LogP contribution in [-0.4, -0.2) is 17.1 Å². The van der Waals surface area contributed by atoms with E-state index in [0.29, 0.717) is 20.8 Å². The third-order valence-electron chi connectivity index (χ3n) is 4.56. The third-order valence-corrected chi connectivity index (χ3v) is 5.87. The summed E-state index contributed by atoms with van der Waals surface area (Å²) < 4.78 is 41.4. The summed E-state index contributed by atoms with van der Waals surface area (Å²) in [6.07, 6.45) is -0.635. The molecular formula is C23H15BrCl3F3N2O. The van der Waals surface area contributed by atoms with E-state index in [1.807, 2.05) is 0 Å². The van der Waals surface area contributed by atoms with E-state index in [1.165, 1.54) is 30.3 Å². The molecule has 0 aliphatic carbocycles. The summed E-state index contributed by atoms with van der Waals surface area (Å²) in [4.78, 5) is 16.4. The molecule has 10 heteroatoms. The summed E-state index contributed by atoms with van der Waals surface area (Å²) in [6.45, 7) is 0.243. The van der Waals surface area contributed by atoms with Gasteiger partial charge in [0, 0.05) is 27.3 Å². The minimum absolute atomic E-state index is 0.0667. The Morgan fingerprint density at radius 2 is 1.76 bits per heavy atom. The number of allylic oxidation sites excluding steroid dienone is 1. The SMILES string of the molecule is O=C(NCc1ccc(Cl)nc1)c1ccc(/C=C/C(c2cc(Cl)cc(Cl)c2)C(F)(F)F)cc1Br. The van der Waals surface area contributed by atoms with E-state index in [9.17, 15) is 18.0 Å². The first-order chi connectivity index (χ1) is 15.5. The molecule has 1 aromatic heterocycles. The van der Waals surface area contributed by atoms with Gasteiger partial charge in [-0.3, -0.25) is 4.79 Å². The highest BCUT2D eigenvalue weighted by Gasteiger charge is 2.39. The molecule has 3 nitrogen and oxygen atoms in total. The van der Waals surface area contributed by atoms with Crippen molar-refractivity contribution in [2.24, 2.45) is 0 Å². The molecule has 1 N–H and O–H groups in total. The van der Waals surface area contributed by atoms with Crippen molar-refractivity contribution in [3.05, 3.63) is 103 Å². The molecule has 33 heavy (non-hydrogen) atoms. The van der Waals surface area contributed by atoms with Crippen LogP contribution in [0.25, 0.3) is 6.08 Å². The van der Waals surface area contributed by atoms with Gasteiger partial charge in [0.15, 0.2) is 0 Å². The van der Waals surface area contributed by atoms with E-state index in [1.54, 1.807) is 30.5 Å². The standard InChI is InChI=1S/C23H15BrCl3F3N2O/c24-20-7-13(1-4-18(20)22(33)32-12-14-3-6-21(27)31-11-14)2-5-19(23(28,29)30)15-8-16(25)10-17(26)9-15/h1-11,19H,12H2,(H,32,33)/b5-2+. The Morgan fingerprint density at radius 1 is 1.06 bits per heavy atom. The maximum Gasteiger partial charge on any atom is 0.399 e. The average molecular weight is 579 g/mol. The Labute approximate surface area is 211 Å². The van der Waals surface area contributed by atoms with Crippen molar-refractivity contribution in [1.29, 1.82) is 0 Å². The molecule has 1 heterocycles. The monoisotopic (exact) mass is 576 g/mol. The maximum absolute atomic E-state index is 13.7. The van der Waals surface area contributed by atoms with E-state index < -0.39 is 12.1 Å². The topological polar surface area (TPSA) is 42.0 Å². The highest BCUT2D eigenvalue weighted by atomic mass is 79.9. The van der Waals surface area contributed by atoms with Crippen LogP contribution in [-0.2, 0) is 6.54 Å². The number of hydrogen-bond acceptors (Lipinski definition) is 2. The molecule has 3 rings (SSSR count). The number of rotatable bonds is 6. The van der Waals surface area contributed by atoms with Crippen molar-refractivity contribution in [1.82, 2.24) is 10.3 Å². The lowest BCUT2D eigenvalue weighted by Gasteiger charge is -2.18. The number of carbonyl (C=O) groups is 1. The van der Waals surface area contributed by atoms with E-state index in [4.69, 9.17) is 34.8 Å². The number of halogens is 7. The predicted octanol–water partition coefficient (Wildman–Crippen LogP) is 8.09. The molecule has 0 radical (unpaired) electrons. The molecule has 1 atom stereocenters. The molecule has 0 aliphatic heterocycles. The summed E-state index contributed by atoms with van der Waals surface area (Å²) in [5.74, 6) is -2.25. The molecule has 3 aromatic rings. The molecule has 172 valence electrons. The molecule has 0 fully saturated rings. The van der Waals surface area contributed by atoms with Crippen LogP contribution >= 0.6 is 50.7 Å². The Morgan fingerprint density at radius 3 is 2.33 bits per heavy atom. The molecule has 1 amide bonds. The normalized spacial score (nSPS) is 12.7. The van der Waals surface area contributed by atoms with Crippen LogP contribution in [0.4, 0.5) is 13.2 Å². The van der Waals surface area contributed by atoms with Gasteiger partial charge < -0.3 is 5.32 Å². The van der Waals surface area contributed by atoms with Gasteiger partial charge in [-0.2, -0.15) is 13.2 Å². The minimum atomic E-state index is -4.54. The number of carbonyl (C=O) groups excluding carboxylic acids is 1. The van der Waals surface area contributed by atoms with Gasteiger partial charge in [0.05, 0.1) is 11.5 Å². The van der Waals surface area contributed by atoms with E-state index in [2.05, 4.69) is 26.2 Å². The second-order valence-corrected chi connectivity index (χ2v) is 9.11. The zero-order chi connectivity index (χ0) is 24.2. The van der Waals surface area contributed by atoms with Crippen LogP contribution in [0.2, 0.25) is 15.2 Å². The molecular weight excluding hydrogens is 564 g/mol. The Kier molecular flexibility index (Phi) is 8.45. The van der Waals surface area contributed by atoms with Gasteiger partial charge in [-0.1, -0.05) is 59.1 Å². The number of alkyl halides is 3. The van der Waals surface area contributed by atoms with Gasteiger partial charge in [-0.15, -0.1) is 0 Å². The lowest BCUT2D eigenvalue weighted by molar-refractivity contribution is -0.139. The third kappa shape index (κ3) is 7.21. The van der Waals surface area contributed by atoms with Gasteiger partial charge in [0.2, 0.25) is 0 Å². The minimum Gasteiger partial charge on any atom is -0.348 e. The fourth-order valence-electron chi connectivity index (χ4n) is 2.98. The predicted molar refractivity (Wildman–Crippen MR) is 129 cm³/mol. The first-order valence-electron chi connectivity index (χ1n) is 9.42. The van der Waals surface area contributed by atoms with Crippen LogP contribution in [0.5, 0.6) is 0 Å². The zero-order valence-electron chi connectivity index (χ0n) is 16.6. The van der Waals surface area contributed by atoms with Gasteiger partial charge in [-0.05, 0) is 69.0 Å². The molecule has 2 aromatic carbocycles. The Balaban J connectivity index is 1.76.